The van der Waals surface area contributed by atoms with E-state index in [1.54, 1.807) is 13.3 Å². The van der Waals surface area contributed by atoms with E-state index in [1.165, 1.54) is 11.3 Å². The first-order chi connectivity index (χ1) is 12.2. The molecule has 3 aromatic rings. The lowest BCUT2D eigenvalue weighted by atomic mass is 10.0. The summed E-state index contributed by atoms with van der Waals surface area (Å²) in [5, 5.41) is 2.01. The van der Waals surface area contributed by atoms with Crippen molar-refractivity contribution >= 4 is 17.2 Å². The van der Waals surface area contributed by atoms with E-state index in [4.69, 9.17) is 4.74 Å². The Bertz CT molecular complexity index is 915. The molecular weight excluding hydrogens is 334 g/mol. The molecule has 1 aliphatic heterocycles. The van der Waals surface area contributed by atoms with Crippen molar-refractivity contribution < 1.29 is 9.53 Å². The number of ether oxygens (including phenoxy) is 1. The Morgan fingerprint density at radius 2 is 2.24 bits per heavy atom. The van der Waals surface area contributed by atoms with Gasteiger partial charge in [0, 0.05) is 18.9 Å². The van der Waals surface area contributed by atoms with Crippen LogP contribution in [0.15, 0.2) is 48.1 Å². The van der Waals surface area contributed by atoms with Crippen LogP contribution in [0, 0.1) is 6.92 Å². The average molecular weight is 353 g/mol. The Morgan fingerprint density at radius 3 is 3.00 bits per heavy atom. The second kappa shape index (κ2) is 6.37. The molecule has 0 bridgehead atoms. The third kappa shape index (κ3) is 2.93. The average Bonchev–Trinajstić information content (AvgIpc) is 3.28. The quantitative estimate of drug-likeness (QED) is 0.722. The number of aromatic nitrogens is 2. The van der Waals surface area contributed by atoms with Gasteiger partial charge in [-0.2, -0.15) is 0 Å². The van der Waals surface area contributed by atoms with Crippen LogP contribution in [0.2, 0.25) is 0 Å². The minimum atomic E-state index is -0.0493. The summed E-state index contributed by atoms with van der Waals surface area (Å²) in [5.74, 6) is 1.77. The number of thiophene rings is 1. The first-order valence-corrected chi connectivity index (χ1v) is 9.04. The van der Waals surface area contributed by atoms with Crippen molar-refractivity contribution in [3.05, 3.63) is 69.9 Å². The van der Waals surface area contributed by atoms with Crippen LogP contribution in [0.5, 0.6) is 5.75 Å². The van der Waals surface area contributed by atoms with Crippen LogP contribution in [-0.2, 0) is 13.1 Å². The lowest BCUT2D eigenvalue weighted by Crippen LogP contribution is -2.40. The number of rotatable bonds is 3. The van der Waals surface area contributed by atoms with Crippen molar-refractivity contribution in [3.63, 3.8) is 0 Å². The van der Waals surface area contributed by atoms with Crippen molar-refractivity contribution in [1.29, 1.82) is 0 Å². The standard InChI is InChI=1S/C19H19N3O2S/c1-13-8-17(25-12-13)19(23)22-11-18-20-6-7-21(18)10-16(22)14-4-3-5-15(9-14)24-2/h3-9,12,16H,10-11H2,1-2H3/t16-/m0/s1. The zero-order valence-electron chi connectivity index (χ0n) is 14.2. The van der Waals surface area contributed by atoms with E-state index >= 15 is 0 Å². The smallest absolute Gasteiger partial charge is 0.264 e. The fourth-order valence-corrected chi connectivity index (χ4v) is 4.09. The number of benzene rings is 1. The summed E-state index contributed by atoms with van der Waals surface area (Å²) in [6.07, 6.45) is 3.76. The molecule has 0 aliphatic carbocycles. The van der Waals surface area contributed by atoms with Crippen LogP contribution in [-0.4, -0.2) is 27.5 Å². The maximum atomic E-state index is 13.2. The maximum absolute atomic E-state index is 13.2. The van der Waals surface area contributed by atoms with Crippen LogP contribution in [0.1, 0.15) is 32.7 Å². The van der Waals surface area contributed by atoms with E-state index in [0.29, 0.717) is 13.1 Å². The van der Waals surface area contributed by atoms with Gasteiger partial charge < -0.3 is 14.2 Å². The predicted molar refractivity (Wildman–Crippen MR) is 96.9 cm³/mol. The van der Waals surface area contributed by atoms with Gasteiger partial charge >= 0.3 is 0 Å². The maximum Gasteiger partial charge on any atom is 0.264 e. The number of aryl methyl sites for hydroxylation is 1. The van der Waals surface area contributed by atoms with E-state index in [2.05, 4.69) is 15.6 Å². The Hall–Kier alpha value is -2.60. The van der Waals surface area contributed by atoms with E-state index in [9.17, 15) is 4.79 Å². The molecule has 128 valence electrons. The SMILES string of the molecule is COc1cccc([C@@H]2Cn3ccnc3CN2C(=O)c2cc(C)cs2)c1. The van der Waals surface area contributed by atoms with Gasteiger partial charge in [0.25, 0.3) is 5.91 Å². The highest BCUT2D eigenvalue weighted by Crippen LogP contribution is 2.33. The third-order valence-electron chi connectivity index (χ3n) is 4.54. The van der Waals surface area contributed by atoms with Gasteiger partial charge in [-0.1, -0.05) is 12.1 Å². The Kier molecular flexibility index (Phi) is 4.05. The third-order valence-corrected chi connectivity index (χ3v) is 5.58. The Morgan fingerprint density at radius 1 is 1.36 bits per heavy atom. The number of amides is 1. The van der Waals surface area contributed by atoms with Crippen LogP contribution in [0.4, 0.5) is 0 Å². The molecule has 1 aliphatic rings. The van der Waals surface area contributed by atoms with Crippen molar-refractivity contribution in [2.24, 2.45) is 0 Å². The van der Waals surface area contributed by atoms with Gasteiger partial charge in [0.1, 0.15) is 11.6 Å². The molecule has 0 radical (unpaired) electrons. The molecule has 4 rings (SSSR count). The van der Waals surface area contributed by atoms with Gasteiger partial charge in [-0.25, -0.2) is 4.98 Å². The summed E-state index contributed by atoms with van der Waals surface area (Å²) in [5.41, 5.74) is 2.19. The summed E-state index contributed by atoms with van der Waals surface area (Å²) in [6, 6.07) is 9.85. The molecule has 0 saturated heterocycles. The van der Waals surface area contributed by atoms with Crippen molar-refractivity contribution in [2.75, 3.05) is 7.11 Å². The molecule has 0 N–H and O–H groups in total. The van der Waals surface area contributed by atoms with Crippen molar-refractivity contribution in [1.82, 2.24) is 14.5 Å². The highest BCUT2D eigenvalue weighted by molar-refractivity contribution is 7.12. The number of hydrogen-bond acceptors (Lipinski definition) is 4. The van der Waals surface area contributed by atoms with Crippen molar-refractivity contribution in [2.45, 2.75) is 26.1 Å². The second-order valence-electron chi connectivity index (χ2n) is 6.21. The van der Waals surface area contributed by atoms with E-state index in [0.717, 1.165) is 27.6 Å². The number of methoxy groups -OCH3 is 1. The summed E-state index contributed by atoms with van der Waals surface area (Å²) in [4.78, 5) is 20.2. The van der Waals surface area contributed by atoms with E-state index in [-0.39, 0.29) is 11.9 Å². The number of carbonyl (C=O) groups excluding carboxylic acids is 1. The monoisotopic (exact) mass is 353 g/mol. The minimum absolute atomic E-state index is 0.0493. The van der Waals surface area contributed by atoms with Gasteiger partial charge in [-0.15, -0.1) is 11.3 Å². The molecule has 25 heavy (non-hydrogen) atoms. The van der Waals surface area contributed by atoms with Gasteiger partial charge in [0.05, 0.1) is 24.6 Å². The molecule has 3 heterocycles. The second-order valence-corrected chi connectivity index (χ2v) is 7.12. The molecule has 0 spiro atoms. The first kappa shape index (κ1) is 15.9. The van der Waals surface area contributed by atoms with E-state index < -0.39 is 0 Å². The molecule has 6 heteroatoms. The van der Waals surface area contributed by atoms with Crippen LogP contribution in [0.3, 0.4) is 0 Å². The highest BCUT2D eigenvalue weighted by Gasteiger charge is 2.32. The number of fused-ring (bicyclic) bond motifs is 1. The molecular formula is C19H19N3O2S. The minimum Gasteiger partial charge on any atom is -0.497 e. The van der Waals surface area contributed by atoms with Crippen LogP contribution < -0.4 is 4.74 Å². The van der Waals surface area contributed by atoms with Gasteiger partial charge in [0.2, 0.25) is 0 Å². The number of carbonyl (C=O) groups is 1. The summed E-state index contributed by atoms with van der Waals surface area (Å²) in [6.45, 7) is 3.21. The lowest BCUT2D eigenvalue weighted by molar-refractivity contribution is 0.0589. The summed E-state index contributed by atoms with van der Waals surface area (Å²) < 4.78 is 7.48. The van der Waals surface area contributed by atoms with Gasteiger partial charge in [-0.3, -0.25) is 4.79 Å². The number of imidazole rings is 1. The molecule has 0 unspecified atom stereocenters. The molecule has 2 aromatic heterocycles. The zero-order valence-corrected chi connectivity index (χ0v) is 15.0. The molecule has 1 atom stereocenters. The molecule has 0 saturated carbocycles. The highest BCUT2D eigenvalue weighted by atomic mass is 32.1. The number of nitrogens with zero attached hydrogens (tertiary/aromatic N) is 3. The molecule has 0 fully saturated rings. The molecule has 1 aromatic carbocycles. The van der Waals surface area contributed by atoms with Gasteiger partial charge in [0.15, 0.2) is 0 Å². The molecule has 5 nitrogen and oxygen atoms in total. The lowest BCUT2D eigenvalue weighted by Gasteiger charge is -2.36. The topological polar surface area (TPSA) is 47.4 Å². The van der Waals surface area contributed by atoms with Crippen LogP contribution >= 0.6 is 11.3 Å². The first-order valence-electron chi connectivity index (χ1n) is 8.16. The number of hydrogen-bond donors (Lipinski definition) is 0. The van der Waals surface area contributed by atoms with Crippen LogP contribution in [0.25, 0.3) is 0 Å². The van der Waals surface area contributed by atoms with Gasteiger partial charge in [-0.05, 0) is 41.6 Å². The van der Waals surface area contributed by atoms with Crippen molar-refractivity contribution in [3.8, 4) is 5.75 Å². The fourth-order valence-electron chi connectivity index (χ4n) is 3.24. The van der Waals surface area contributed by atoms with E-state index in [1.807, 2.05) is 47.7 Å². The predicted octanol–water partition coefficient (Wildman–Crippen LogP) is 3.66. The normalized spacial score (nSPS) is 16.6. The largest absolute Gasteiger partial charge is 0.497 e. The zero-order chi connectivity index (χ0) is 17.4. The summed E-state index contributed by atoms with van der Waals surface area (Å²) in [7, 11) is 1.66. The summed E-state index contributed by atoms with van der Waals surface area (Å²) >= 11 is 1.50. The Labute approximate surface area is 150 Å². The fraction of sp³-hybridized carbons (Fsp3) is 0.263. The molecule has 1 amide bonds. The Balaban J connectivity index is 1.74.